The van der Waals surface area contributed by atoms with Gasteiger partial charge in [0.15, 0.2) is 5.82 Å². The third kappa shape index (κ3) is 3.48. The Bertz CT molecular complexity index is 914. The van der Waals surface area contributed by atoms with Gasteiger partial charge in [-0.1, -0.05) is 56.4 Å². The molecule has 1 aromatic carbocycles. The van der Waals surface area contributed by atoms with E-state index in [0.29, 0.717) is 5.92 Å². The van der Waals surface area contributed by atoms with Gasteiger partial charge >= 0.3 is 0 Å². The van der Waals surface area contributed by atoms with Crippen molar-refractivity contribution in [2.24, 2.45) is 5.92 Å². The molecule has 6 heteroatoms. The van der Waals surface area contributed by atoms with Gasteiger partial charge < -0.3 is 5.11 Å². The van der Waals surface area contributed by atoms with Crippen LogP contribution in [-0.4, -0.2) is 37.7 Å². The molecule has 4 rings (SSSR count). The van der Waals surface area contributed by atoms with E-state index in [1.54, 1.807) is 15.9 Å². The Labute approximate surface area is 164 Å². The van der Waals surface area contributed by atoms with Crippen LogP contribution in [0.3, 0.4) is 0 Å². The van der Waals surface area contributed by atoms with Gasteiger partial charge in [0, 0.05) is 13.0 Å². The molecule has 0 spiro atoms. The zero-order valence-corrected chi connectivity index (χ0v) is 17.2. The summed E-state index contributed by atoms with van der Waals surface area (Å²) in [6.07, 6.45) is 4.29. The Morgan fingerprint density at radius 2 is 2.00 bits per heavy atom. The first-order chi connectivity index (χ1) is 13.1. The standard InChI is InChI=1S/C21H28N4OS/c1-4-15-8-10-16(11-9-15)18(24-12-6-7-14(3)13-24)19-20(26)25-21(27-19)22-17(5-2)23-25/h8-11,14,18,26H,4-7,12-13H2,1-3H3/t14-,18+/m0/s1. The predicted octanol–water partition coefficient (Wildman–Crippen LogP) is 4.44. The van der Waals surface area contributed by atoms with Crippen molar-refractivity contribution < 1.29 is 5.11 Å². The van der Waals surface area contributed by atoms with Crippen LogP contribution in [0.25, 0.3) is 4.96 Å². The van der Waals surface area contributed by atoms with Crippen molar-refractivity contribution in [3.63, 3.8) is 0 Å². The van der Waals surface area contributed by atoms with Gasteiger partial charge in [-0.3, -0.25) is 4.90 Å². The molecule has 3 heterocycles. The summed E-state index contributed by atoms with van der Waals surface area (Å²) in [6.45, 7) is 8.63. The topological polar surface area (TPSA) is 53.7 Å². The fourth-order valence-electron chi connectivity index (χ4n) is 4.04. The van der Waals surface area contributed by atoms with Crippen LogP contribution in [0.1, 0.15) is 61.5 Å². The first kappa shape index (κ1) is 18.4. The molecule has 2 aromatic heterocycles. The maximum Gasteiger partial charge on any atom is 0.230 e. The summed E-state index contributed by atoms with van der Waals surface area (Å²) < 4.78 is 1.61. The summed E-state index contributed by atoms with van der Waals surface area (Å²) >= 11 is 1.57. The second kappa shape index (κ2) is 7.60. The third-order valence-corrected chi connectivity index (χ3v) is 6.64. The lowest BCUT2D eigenvalue weighted by molar-refractivity contribution is 0.149. The van der Waals surface area contributed by atoms with Crippen molar-refractivity contribution in [3.8, 4) is 5.88 Å². The number of benzene rings is 1. The van der Waals surface area contributed by atoms with Crippen molar-refractivity contribution in [1.82, 2.24) is 19.5 Å². The summed E-state index contributed by atoms with van der Waals surface area (Å²) in [6, 6.07) is 8.90. The number of piperidine rings is 1. The van der Waals surface area contributed by atoms with E-state index in [0.717, 1.165) is 41.6 Å². The third-order valence-electron chi connectivity index (χ3n) is 5.57. The maximum absolute atomic E-state index is 11.0. The number of rotatable bonds is 5. The summed E-state index contributed by atoms with van der Waals surface area (Å²) in [5, 5.41) is 15.4. The highest BCUT2D eigenvalue weighted by Crippen LogP contribution is 2.41. The zero-order valence-electron chi connectivity index (χ0n) is 16.4. The highest BCUT2D eigenvalue weighted by molar-refractivity contribution is 7.17. The average Bonchev–Trinajstić information content (AvgIpc) is 3.22. The van der Waals surface area contributed by atoms with E-state index in [9.17, 15) is 5.11 Å². The van der Waals surface area contributed by atoms with E-state index in [-0.39, 0.29) is 11.9 Å². The van der Waals surface area contributed by atoms with Crippen molar-refractivity contribution in [2.75, 3.05) is 13.1 Å². The lowest BCUT2D eigenvalue weighted by atomic mass is 9.95. The van der Waals surface area contributed by atoms with Crippen LogP contribution >= 0.6 is 11.3 Å². The molecule has 1 aliphatic rings. The van der Waals surface area contributed by atoms with Gasteiger partial charge in [0.25, 0.3) is 0 Å². The first-order valence-electron chi connectivity index (χ1n) is 10.0. The fraction of sp³-hybridized carbons (Fsp3) is 0.524. The number of thiazole rings is 1. The Balaban J connectivity index is 1.79. The molecule has 1 fully saturated rings. The predicted molar refractivity (Wildman–Crippen MR) is 110 cm³/mol. The summed E-state index contributed by atoms with van der Waals surface area (Å²) in [7, 11) is 0. The first-order valence-corrected chi connectivity index (χ1v) is 10.8. The molecule has 0 aliphatic carbocycles. The second-order valence-corrected chi connectivity index (χ2v) is 8.61. The number of hydrogen-bond acceptors (Lipinski definition) is 5. The number of likely N-dealkylation sites (tertiary alicyclic amines) is 1. The smallest absolute Gasteiger partial charge is 0.230 e. The molecular weight excluding hydrogens is 356 g/mol. The monoisotopic (exact) mass is 384 g/mol. The normalized spacial score (nSPS) is 19.6. The molecule has 1 saturated heterocycles. The molecule has 27 heavy (non-hydrogen) atoms. The van der Waals surface area contributed by atoms with Gasteiger partial charge in [-0.25, -0.2) is 4.98 Å². The van der Waals surface area contributed by atoms with E-state index >= 15 is 0 Å². The average molecular weight is 385 g/mol. The molecule has 5 nitrogen and oxygen atoms in total. The number of aromatic hydroxyl groups is 1. The number of nitrogens with zero attached hydrogens (tertiary/aromatic N) is 4. The summed E-state index contributed by atoms with van der Waals surface area (Å²) in [5.74, 6) is 1.69. The van der Waals surface area contributed by atoms with Gasteiger partial charge in [-0.05, 0) is 42.9 Å². The van der Waals surface area contributed by atoms with Gasteiger partial charge in [0.1, 0.15) is 0 Å². The Kier molecular flexibility index (Phi) is 5.19. The summed E-state index contributed by atoms with van der Waals surface area (Å²) in [5.41, 5.74) is 2.57. The largest absolute Gasteiger partial charge is 0.492 e. The van der Waals surface area contributed by atoms with E-state index in [4.69, 9.17) is 0 Å². The Hall–Kier alpha value is -1.92. The molecule has 0 amide bonds. The molecule has 0 unspecified atom stereocenters. The van der Waals surface area contributed by atoms with Crippen LogP contribution in [-0.2, 0) is 12.8 Å². The van der Waals surface area contributed by atoms with E-state index in [1.165, 1.54) is 24.0 Å². The van der Waals surface area contributed by atoms with Crippen molar-refractivity contribution in [1.29, 1.82) is 0 Å². The number of fused-ring (bicyclic) bond motifs is 1. The lowest BCUT2D eigenvalue weighted by Gasteiger charge is -2.37. The van der Waals surface area contributed by atoms with Crippen molar-refractivity contribution in [3.05, 3.63) is 46.1 Å². The van der Waals surface area contributed by atoms with Crippen LogP contribution < -0.4 is 0 Å². The van der Waals surface area contributed by atoms with E-state index < -0.39 is 0 Å². The number of aromatic nitrogens is 3. The van der Waals surface area contributed by atoms with Crippen LogP contribution in [0.4, 0.5) is 0 Å². The Morgan fingerprint density at radius 1 is 1.22 bits per heavy atom. The van der Waals surface area contributed by atoms with Gasteiger partial charge in [-0.15, -0.1) is 5.10 Å². The molecule has 0 bridgehead atoms. The molecule has 1 aliphatic heterocycles. The molecule has 3 aromatic rings. The molecule has 0 saturated carbocycles. The SMILES string of the molecule is CCc1ccc([C@H](c2sc3nc(CC)nn3c2O)N2CCC[C@H](C)C2)cc1. The molecule has 0 radical (unpaired) electrons. The van der Waals surface area contributed by atoms with Crippen LogP contribution in [0.2, 0.25) is 0 Å². The minimum Gasteiger partial charge on any atom is -0.492 e. The minimum absolute atomic E-state index is 0.0530. The van der Waals surface area contributed by atoms with Crippen LogP contribution in [0.15, 0.2) is 24.3 Å². The molecular formula is C21H28N4OS. The van der Waals surface area contributed by atoms with E-state index in [1.807, 2.05) is 6.92 Å². The second-order valence-electron chi connectivity index (χ2n) is 7.61. The van der Waals surface area contributed by atoms with Crippen LogP contribution in [0.5, 0.6) is 5.88 Å². The van der Waals surface area contributed by atoms with Gasteiger partial charge in [0.2, 0.25) is 10.8 Å². The highest BCUT2D eigenvalue weighted by Gasteiger charge is 2.31. The van der Waals surface area contributed by atoms with Crippen LogP contribution in [0, 0.1) is 5.92 Å². The number of hydrogen-bond donors (Lipinski definition) is 1. The molecule has 1 N–H and O–H groups in total. The maximum atomic E-state index is 11.0. The van der Waals surface area contributed by atoms with Crippen molar-refractivity contribution in [2.45, 2.75) is 52.5 Å². The van der Waals surface area contributed by atoms with Gasteiger partial charge in [-0.2, -0.15) is 4.52 Å². The zero-order chi connectivity index (χ0) is 19.0. The minimum atomic E-state index is 0.0530. The highest BCUT2D eigenvalue weighted by atomic mass is 32.1. The number of aryl methyl sites for hydroxylation is 2. The molecule has 144 valence electrons. The summed E-state index contributed by atoms with van der Waals surface area (Å²) in [4.78, 5) is 8.81. The van der Waals surface area contributed by atoms with Gasteiger partial charge in [0.05, 0.1) is 10.9 Å². The van der Waals surface area contributed by atoms with Crippen molar-refractivity contribution >= 4 is 16.3 Å². The van der Waals surface area contributed by atoms with E-state index in [2.05, 4.69) is 53.1 Å². The Morgan fingerprint density at radius 3 is 2.63 bits per heavy atom. The fourth-order valence-corrected chi connectivity index (χ4v) is 5.18. The lowest BCUT2D eigenvalue weighted by Crippen LogP contribution is -2.37. The quantitative estimate of drug-likeness (QED) is 0.706. The molecule has 2 atom stereocenters.